The second-order valence-corrected chi connectivity index (χ2v) is 5.42. The first-order chi connectivity index (χ1) is 8.54. The Morgan fingerprint density at radius 1 is 1.22 bits per heavy atom. The van der Waals surface area contributed by atoms with Crippen LogP contribution in [0, 0.1) is 12.8 Å². The third-order valence-corrected chi connectivity index (χ3v) is 3.20. The molecule has 1 aromatic carbocycles. The van der Waals surface area contributed by atoms with E-state index in [4.69, 9.17) is 4.74 Å². The zero-order chi connectivity index (χ0) is 13.5. The summed E-state index contributed by atoms with van der Waals surface area (Å²) in [7, 11) is 0. The maximum absolute atomic E-state index is 6.01. The summed E-state index contributed by atoms with van der Waals surface area (Å²) in [6.45, 7) is 12.5. The minimum absolute atomic E-state index is 0.493. The molecule has 1 unspecified atom stereocenters. The maximum Gasteiger partial charge on any atom is 0.126 e. The molecule has 2 nitrogen and oxygen atoms in total. The Hall–Kier alpha value is -1.02. The van der Waals surface area contributed by atoms with E-state index in [1.807, 2.05) is 0 Å². The number of rotatable bonds is 7. The van der Waals surface area contributed by atoms with Gasteiger partial charge in [-0.3, -0.25) is 0 Å². The molecule has 0 aliphatic carbocycles. The Balaban J connectivity index is 2.73. The summed E-state index contributed by atoms with van der Waals surface area (Å²) in [5, 5.41) is 3.45. The van der Waals surface area contributed by atoms with Crippen LogP contribution in [0.4, 0.5) is 0 Å². The van der Waals surface area contributed by atoms with E-state index in [9.17, 15) is 0 Å². The average Bonchev–Trinajstić information content (AvgIpc) is 2.34. The SMILES string of the molecule is CCC(C)COc1c(C)cccc1CNC(C)C. The van der Waals surface area contributed by atoms with Gasteiger partial charge < -0.3 is 10.1 Å². The number of para-hydroxylation sites is 1. The van der Waals surface area contributed by atoms with E-state index in [0.29, 0.717) is 12.0 Å². The molecule has 1 N–H and O–H groups in total. The minimum Gasteiger partial charge on any atom is -0.493 e. The van der Waals surface area contributed by atoms with Crippen molar-refractivity contribution in [2.24, 2.45) is 5.92 Å². The van der Waals surface area contributed by atoms with Crippen molar-refractivity contribution in [3.05, 3.63) is 29.3 Å². The summed E-state index contributed by atoms with van der Waals surface area (Å²) in [6.07, 6.45) is 1.16. The van der Waals surface area contributed by atoms with Crippen molar-refractivity contribution < 1.29 is 4.74 Å². The predicted molar refractivity (Wildman–Crippen MR) is 78.1 cm³/mol. The van der Waals surface area contributed by atoms with Crippen LogP contribution < -0.4 is 10.1 Å². The van der Waals surface area contributed by atoms with Gasteiger partial charge in [-0.1, -0.05) is 52.3 Å². The Labute approximate surface area is 112 Å². The Morgan fingerprint density at radius 2 is 1.94 bits per heavy atom. The summed E-state index contributed by atoms with van der Waals surface area (Å²) < 4.78 is 6.01. The molecule has 1 rings (SSSR count). The predicted octanol–water partition coefficient (Wildman–Crippen LogP) is 3.92. The number of hydrogen-bond donors (Lipinski definition) is 1. The minimum atomic E-state index is 0.493. The van der Waals surface area contributed by atoms with E-state index in [2.05, 4.69) is 58.1 Å². The van der Waals surface area contributed by atoms with Crippen molar-refractivity contribution in [1.29, 1.82) is 0 Å². The molecule has 18 heavy (non-hydrogen) atoms. The fourth-order valence-electron chi connectivity index (χ4n) is 1.72. The molecule has 0 saturated carbocycles. The fourth-order valence-corrected chi connectivity index (χ4v) is 1.72. The smallest absolute Gasteiger partial charge is 0.126 e. The van der Waals surface area contributed by atoms with Gasteiger partial charge in [0.05, 0.1) is 6.61 Å². The van der Waals surface area contributed by atoms with E-state index in [1.165, 1.54) is 11.1 Å². The van der Waals surface area contributed by atoms with Gasteiger partial charge in [0.1, 0.15) is 5.75 Å². The lowest BCUT2D eigenvalue weighted by atomic mass is 10.1. The van der Waals surface area contributed by atoms with Crippen LogP contribution in [0.2, 0.25) is 0 Å². The Morgan fingerprint density at radius 3 is 2.56 bits per heavy atom. The van der Waals surface area contributed by atoms with Crippen molar-refractivity contribution in [3.8, 4) is 5.75 Å². The quantitative estimate of drug-likeness (QED) is 0.791. The van der Waals surface area contributed by atoms with Crippen LogP contribution in [0.15, 0.2) is 18.2 Å². The zero-order valence-electron chi connectivity index (χ0n) is 12.4. The molecule has 1 aromatic rings. The van der Waals surface area contributed by atoms with Crippen LogP contribution in [-0.2, 0) is 6.54 Å². The van der Waals surface area contributed by atoms with Crippen LogP contribution in [0.1, 0.15) is 45.2 Å². The number of hydrogen-bond acceptors (Lipinski definition) is 2. The van der Waals surface area contributed by atoms with Crippen molar-refractivity contribution in [3.63, 3.8) is 0 Å². The van der Waals surface area contributed by atoms with Crippen LogP contribution in [0.3, 0.4) is 0 Å². The molecule has 2 heteroatoms. The normalized spacial score (nSPS) is 12.8. The number of aryl methyl sites for hydroxylation is 1. The van der Waals surface area contributed by atoms with E-state index >= 15 is 0 Å². The summed E-state index contributed by atoms with van der Waals surface area (Å²) in [5.41, 5.74) is 2.48. The summed E-state index contributed by atoms with van der Waals surface area (Å²) in [6, 6.07) is 6.86. The van der Waals surface area contributed by atoms with Gasteiger partial charge in [0.2, 0.25) is 0 Å². The van der Waals surface area contributed by atoms with Crippen LogP contribution in [-0.4, -0.2) is 12.6 Å². The van der Waals surface area contributed by atoms with Gasteiger partial charge in [0, 0.05) is 18.2 Å². The highest BCUT2D eigenvalue weighted by Crippen LogP contribution is 2.24. The zero-order valence-corrected chi connectivity index (χ0v) is 12.4. The molecular weight excluding hydrogens is 222 g/mol. The van der Waals surface area contributed by atoms with E-state index in [0.717, 1.165) is 25.3 Å². The molecular formula is C16H27NO. The lowest BCUT2D eigenvalue weighted by Crippen LogP contribution is -2.22. The highest BCUT2D eigenvalue weighted by Gasteiger charge is 2.09. The molecule has 1 atom stereocenters. The first-order valence-electron chi connectivity index (χ1n) is 6.99. The fraction of sp³-hybridized carbons (Fsp3) is 0.625. The topological polar surface area (TPSA) is 21.3 Å². The van der Waals surface area contributed by atoms with Crippen LogP contribution in [0.25, 0.3) is 0 Å². The summed E-state index contributed by atoms with van der Waals surface area (Å²) >= 11 is 0. The largest absolute Gasteiger partial charge is 0.493 e. The molecule has 0 spiro atoms. The van der Waals surface area contributed by atoms with Crippen molar-refractivity contribution in [1.82, 2.24) is 5.32 Å². The Kier molecular flexibility index (Phi) is 6.20. The first kappa shape index (κ1) is 15.0. The third-order valence-electron chi connectivity index (χ3n) is 3.20. The molecule has 0 heterocycles. The molecule has 0 aliphatic heterocycles. The van der Waals surface area contributed by atoms with Gasteiger partial charge in [-0.2, -0.15) is 0 Å². The van der Waals surface area contributed by atoms with E-state index in [-0.39, 0.29) is 0 Å². The molecule has 0 saturated heterocycles. The molecule has 0 aliphatic rings. The lowest BCUT2D eigenvalue weighted by molar-refractivity contribution is 0.252. The van der Waals surface area contributed by atoms with Crippen molar-refractivity contribution in [2.75, 3.05) is 6.61 Å². The van der Waals surface area contributed by atoms with Crippen molar-refractivity contribution in [2.45, 2.75) is 53.6 Å². The van der Waals surface area contributed by atoms with Crippen molar-refractivity contribution >= 4 is 0 Å². The van der Waals surface area contributed by atoms with Gasteiger partial charge in [-0.05, 0) is 18.4 Å². The van der Waals surface area contributed by atoms with Gasteiger partial charge in [0.25, 0.3) is 0 Å². The standard InChI is InChI=1S/C16H27NO/c1-6-13(4)11-18-16-14(5)8-7-9-15(16)10-17-12(2)3/h7-9,12-13,17H,6,10-11H2,1-5H3. The molecule has 0 fully saturated rings. The van der Waals surface area contributed by atoms with Crippen LogP contribution >= 0.6 is 0 Å². The average molecular weight is 249 g/mol. The molecule has 0 amide bonds. The molecule has 0 aromatic heterocycles. The second-order valence-electron chi connectivity index (χ2n) is 5.42. The lowest BCUT2D eigenvalue weighted by Gasteiger charge is -2.17. The highest BCUT2D eigenvalue weighted by molar-refractivity contribution is 5.40. The monoisotopic (exact) mass is 249 g/mol. The highest BCUT2D eigenvalue weighted by atomic mass is 16.5. The summed E-state index contributed by atoms with van der Waals surface area (Å²) in [5.74, 6) is 1.67. The van der Waals surface area contributed by atoms with E-state index < -0.39 is 0 Å². The number of benzene rings is 1. The Bertz CT molecular complexity index is 360. The number of nitrogens with one attached hydrogen (secondary N) is 1. The molecule has 0 radical (unpaired) electrons. The van der Waals surface area contributed by atoms with E-state index in [1.54, 1.807) is 0 Å². The van der Waals surface area contributed by atoms with Gasteiger partial charge in [0.15, 0.2) is 0 Å². The molecule has 0 bridgehead atoms. The first-order valence-corrected chi connectivity index (χ1v) is 6.99. The summed E-state index contributed by atoms with van der Waals surface area (Å²) in [4.78, 5) is 0. The third kappa shape index (κ3) is 4.69. The van der Waals surface area contributed by atoms with Gasteiger partial charge in [-0.25, -0.2) is 0 Å². The number of ether oxygens (including phenoxy) is 1. The maximum atomic E-state index is 6.01. The van der Waals surface area contributed by atoms with Gasteiger partial charge >= 0.3 is 0 Å². The van der Waals surface area contributed by atoms with Gasteiger partial charge in [-0.15, -0.1) is 0 Å². The van der Waals surface area contributed by atoms with Crippen LogP contribution in [0.5, 0.6) is 5.75 Å². The second kappa shape index (κ2) is 7.42. The molecule has 102 valence electrons.